The van der Waals surface area contributed by atoms with Crippen molar-refractivity contribution in [2.24, 2.45) is 0 Å². The van der Waals surface area contributed by atoms with Gasteiger partial charge in [-0.15, -0.1) is 0 Å². The van der Waals surface area contributed by atoms with E-state index in [2.05, 4.69) is 18.2 Å². The summed E-state index contributed by atoms with van der Waals surface area (Å²) < 4.78 is 6.11. The predicted molar refractivity (Wildman–Crippen MR) is 81.7 cm³/mol. The quantitative estimate of drug-likeness (QED) is 0.848. The minimum atomic E-state index is -0.975. The van der Waals surface area contributed by atoms with E-state index in [1.165, 1.54) is 0 Å². The third-order valence-electron chi connectivity index (χ3n) is 4.44. The first kappa shape index (κ1) is 13.6. The van der Waals surface area contributed by atoms with Gasteiger partial charge in [0.15, 0.2) is 0 Å². The zero-order chi connectivity index (χ0) is 14.6. The van der Waals surface area contributed by atoms with Gasteiger partial charge in [0.05, 0.1) is 11.2 Å². The standard InChI is InChI=1S/C18H22O2/c1-16(2)12-18(19,17(3,4)20-16)15-11-7-9-13-8-5-6-10-14(13)15/h5-11,19H,12H2,1-4H3. The summed E-state index contributed by atoms with van der Waals surface area (Å²) in [5.41, 5.74) is -0.945. The molecule has 1 fully saturated rings. The molecule has 1 aliphatic rings. The van der Waals surface area contributed by atoms with Gasteiger partial charge in [-0.3, -0.25) is 0 Å². The lowest BCUT2D eigenvalue weighted by molar-refractivity contribution is -0.129. The monoisotopic (exact) mass is 270 g/mol. The van der Waals surface area contributed by atoms with Gasteiger partial charge in [-0.2, -0.15) is 0 Å². The second-order valence-electron chi connectivity index (χ2n) is 6.94. The van der Waals surface area contributed by atoms with Crippen molar-refractivity contribution in [2.45, 2.75) is 50.9 Å². The van der Waals surface area contributed by atoms with E-state index in [4.69, 9.17) is 4.74 Å². The number of ether oxygens (including phenoxy) is 1. The van der Waals surface area contributed by atoms with Crippen molar-refractivity contribution in [1.29, 1.82) is 0 Å². The Morgan fingerprint density at radius 1 is 0.950 bits per heavy atom. The predicted octanol–water partition coefficient (Wildman–Crippen LogP) is 4.00. The van der Waals surface area contributed by atoms with Gasteiger partial charge in [0.1, 0.15) is 5.60 Å². The average molecular weight is 270 g/mol. The molecule has 106 valence electrons. The summed E-state index contributed by atoms with van der Waals surface area (Å²) in [6.07, 6.45) is 0.598. The highest BCUT2D eigenvalue weighted by Gasteiger charge is 2.57. The molecule has 1 atom stereocenters. The Morgan fingerprint density at radius 3 is 2.25 bits per heavy atom. The summed E-state index contributed by atoms with van der Waals surface area (Å²) in [6.45, 7) is 8.03. The maximum Gasteiger partial charge on any atom is 0.121 e. The van der Waals surface area contributed by atoms with Crippen molar-refractivity contribution < 1.29 is 9.84 Å². The lowest BCUT2D eigenvalue weighted by Gasteiger charge is -2.36. The van der Waals surface area contributed by atoms with Crippen molar-refractivity contribution in [3.63, 3.8) is 0 Å². The molecule has 0 aliphatic carbocycles. The molecule has 1 unspecified atom stereocenters. The number of benzene rings is 2. The summed E-state index contributed by atoms with van der Waals surface area (Å²) in [7, 11) is 0. The molecule has 0 radical (unpaired) electrons. The van der Waals surface area contributed by atoms with E-state index < -0.39 is 11.2 Å². The fraction of sp³-hybridized carbons (Fsp3) is 0.444. The Hall–Kier alpha value is -1.38. The number of hydrogen-bond acceptors (Lipinski definition) is 2. The Morgan fingerprint density at radius 2 is 1.60 bits per heavy atom. The SMILES string of the molecule is CC1(C)CC(O)(c2cccc3ccccc23)C(C)(C)O1. The summed E-state index contributed by atoms with van der Waals surface area (Å²) >= 11 is 0. The molecule has 0 bridgehead atoms. The number of fused-ring (bicyclic) bond motifs is 1. The van der Waals surface area contributed by atoms with Gasteiger partial charge >= 0.3 is 0 Å². The van der Waals surface area contributed by atoms with Crippen LogP contribution in [-0.2, 0) is 10.3 Å². The molecule has 2 heteroatoms. The topological polar surface area (TPSA) is 29.5 Å². The van der Waals surface area contributed by atoms with Crippen LogP contribution >= 0.6 is 0 Å². The highest BCUT2D eigenvalue weighted by Crippen LogP contribution is 2.52. The molecule has 1 N–H and O–H groups in total. The first-order valence-electron chi connectivity index (χ1n) is 7.16. The zero-order valence-electron chi connectivity index (χ0n) is 12.6. The molecule has 1 aliphatic heterocycles. The first-order chi connectivity index (χ1) is 9.25. The van der Waals surface area contributed by atoms with Crippen LogP contribution in [0, 0.1) is 0 Å². The number of aliphatic hydroxyl groups is 1. The van der Waals surface area contributed by atoms with Crippen LogP contribution in [0.4, 0.5) is 0 Å². The highest BCUT2D eigenvalue weighted by molar-refractivity contribution is 5.86. The maximum atomic E-state index is 11.4. The second-order valence-corrected chi connectivity index (χ2v) is 6.94. The summed E-state index contributed by atoms with van der Waals surface area (Å²) in [6, 6.07) is 14.3. The van der Waals surface area contributed by atoms with E-state index in [0.29, 0.717) is 6.42 Å². The lowest BCUT2D eigenvalue weighted by Crippen LogP contribution is -2.43. The molecule has 2 nitrogen and oxygen atoms in total. The van der Waals surface area contributed by atoms with Gasteiger partial charge < -0.3 is 9.84 Å². The van der Waals surface area contributed by atoms with Crippen molar-refractivity contribution in [1.82, 2.24) is 0 Å². The Bertz CT molecular complexity index is 652. The van der Waals surface area contributed by atoms with Crippen molar-refractivity contribution >= 4 is 10.8 Å². The first-order valence-corrected chi connectivity index (χ1v) is 7.16. The maximum absolute atomic E-state index is 11.4. The normalized spacial score (nSPS) is 27.9. The molecule has 2 aromatic carbocycles. The molecule has 0 amide bonds. The van der Waals surface area contributed by atoms with Gasteiger partial charge in [0.25, 0.3) is 0 Å². The van der Waals surface area contributed by atoms with Gasteiger partial charge in [-0.25, -0.2) is 0 Å². The molecule has 1 saturated heterocycles. The number of hydrogen-bond donors (Lipinski definition) is 1. The minimum absolute atomic E-state index is 0.324. The fourth-order valence-corrected chi connectivity index (χ4v) is 3.65. The van der Waals surface area contributed by atoms with Crippen LogP contribution in [0.2, 0.25) is 0 Å². The van der Waals surface area contributed by atoms with Gasteiger partial charge in [-0.05, 0) is 44.0 Å². The van der Waals surface area contributed by atoms with Crippen molar-refractivity contribution in [3.8, 4) is 0 Å². The molecular weight excluding hydrogens is 248 g/mol. The van der Waals surface area contributed by atoms with E-state index in [0.717, 1.165) is 16.3 Å². The third kappa shape index (κ3) is 1.87. The summed E-state index contributed by atoms with van der Waals surface area (Å²) in [5, 5.41) is 13.7. The molecule has 20 heavy (non-hydrogen) atoms. The molecule has 0 aromatic heterocycles. The molecule has 1 heterocycles. The summed E-state index contributed by atoms with van der Waals surface area (Å²) in [5.74, 6) is 0. The van der Waals surface area contributed by atoms with E-state index in [9.17, 15) is 5.11 Å². The Balaban J connectivity index is 2.25. The molecule has 2 aromatic rings. The van der Waals surface area contributed by atoms with Crippen LogP contribution in [0.15, 0.2) is 42.5 Å². The van der Waals surface area contributed by atoms with E-state index >= 15 is 0 Å². The van der Waals surface area contributed by atoms with Crippen LogP contribution in [-0.4, -0.2) is 16.3 Å². The van der Waals surface area contributed by atoms with Gasteiger partial charge in [0, 0.05) is 6.42 Å². The van der Waals surface area contributed by atoms with Crippen LogP contribution < -0.4 is 0 Å². The van der Waals surface area contributed by atoms with Crippen LogP contribution in [0.5, 0.6) is 0 Å². The average Bonchev–Trinajstić information content (AvgIpc) is 2.53. The fourth-order valence-electron chi connectivity index (χ4n) is 3.65. The van der Waals surface area contributed by atoms with Gasteiger partial charge in [0.2, 0.25) is 0 Å². The summed E-state index contributed by atoms with van der Waals surface area (Å²) in [4.78, 5) is 0. The second kappa shape index (κ2) is 4.06. The van der Waals surface area contributed by atoms with E-state index in [-0.39, 0.29) is 5.60 Å². The third-order valence-corrected chi connectivity index (χ3v) is 4.44. The number of rotatable bonds is 1. The molecule has 0 spiro atoms. The van der Waals surface area contributed by atoms with Crippen molar-refractivity contribution in [2.75, 3.05) is 0 Å². The molecule has 0 saturated carbocycles. The van der Waals surface area contributed by atoms with Crippen molar-refractivity contribution in [3.05, 3.63) is 48.0 Å². The Kier molecular flexibility index (Phi) is 2.76. The molecular formula is C18H22O2. The van der Waals surface area contributed by atoms with Crippen LogP contribution in [0.1, 0.15) is 39.7 Å². The van der Waals surface area contributed by atoms with E-state index in [1.54, 1.807) is 0 Å². The van der Waals surface area contributed by atoms with E-state index in [1.807, 2.05) is 52.0 Å². The highest BCUT2D eigenvalue weighted by atomic mass is 16.5. The van der Waals surface area contributed by atoms with Gasteiger partial charge in [-0.1, -0.05) is 42.5 Å². The molecule has 3 rings (SSSR count). The lowest BCUT2D eigenvalue weighted by atomic mass is 9.75. The largest absolute Gasteiger partial charge is 0.382 e. The van der Waals surface area contributed by atoms with Crippen LogP contribution in [0.25, 0.3) is 10.8 Å². The zero-order valence-corrected chi connectivity index (χ0v) is 12.6. The Labute approximate surface area is 120 Å². The minimum Gasteiger partial charge on any atom is -0.382 e. The smallest absolute Gasteiger partial charge is 0.121 e. The van der Waals surface area contributed by atoms with Crippen LogP contribution in [0.3, 0.4) is 0 Å².